The summed E-state index contributed by atoms with van der Waals surface area (Å²) in [5, 5.41) is 11.0. The Kier molecular flexibility index (Phi) is 6.45. The van der Waals surface area contributed by atoms with Gasteiger partial charge in [0.1, 0.15) is 0 Å². The number of unbranched alkanes of at least 4 members (excludes halogenated alkanes) is 1. The van der Waals surface area contributed by atoms with Crippen LogP contribution in [-0.2, 0) is 14.3 Å². The number of rotatable bonds is 6. The van der Waals surface area contributed by atoms with E-state index in [1.807, 2.05) is 6.92 Å². The zero-order valence-electron chi connectivity index (χ0n) is 8.54. The zero-order valence-corrected chi connectivity index (χ0v) is 8.54. The van der Waals surface area contributed by atoms with Crippen molar-refractivity contribution in [2.45, 2.75) is 33.1 Å². The Morgan fingerprint density at radius 1 is 1.36 bits per heavy atom. The smallest absolute Gasteiger partial charge is 0.322 e. The summed E-state index contributed by atoms with van der Waals surface area (Å²) in [5.41, 5.74) is 0. The van der Waals surface area contributed by atoms with Crippen LogP contribution in [0.5, 0.6) is 0 Å². The molecule has 14 heavy (non-hydrogen) atoms. The van der Waals surface area contributed by atoms with Crippen LogP contribution in [0.3, 0.4) is 0 Å². The van der Waals surface area contributed by atoms with Gasteiger partial charge in [-0.3, -0.25) is 4.79 Å². The van der Waals surface area contributed by atoms with E-state index in [0.29, 0.717) is 6.42 Å². The summed E-state index contributed by atoms with van der Waals surface area (Å²) in [6.07, 6.45) is 2.73. The highest BCUT2D eigenvalue weighted by molar-refractivity contribution is 5.97. The van der Waals surface area contributed by atoms with E-state index in [1.165, 1.54) is 0 Å². The molecule has 0 spiro atoms. The highest BCUT2D eigenvalue weighted by Gasteiger charge is 2.02. The number of carbonyl (C=O) groups is 2. The van der Waals surface area contributed by atoms with Crippen LogP contribution in [0.15, 0.2) is 11.8 Å². The molecule has 0 aromatic carbocycles. The molecule has 0 aliphatic heterocycles. The Morgan fingerprint density at radius 3 is 2.50 bits per heavy atom. The number of hydrogen-bond acceptors (Lipinski definition) is 4. The number of ether oxygens (including phenoxy) is 1. The first-order valence-corrected chi connectivity index (χ1v) is 4.70. The molecule has 0 saturated heterocycles. The summed E-state index contributed by atoms with van der Waals surface area (Å²) in [5.74, 6) is -2.14. The fourth-order valence-electron chi connectivity index (χ4n) is 0.831. The molecule has 0 saturated carbocycles. The van der Waals surface area contributed by atoms with Gasteiger partial charge in [0.05, 0.1) is 6.61 Å². The molecule has 0 amide bonds. The number of ketones is 1. The predicted molar refractivity (Wildman–Crippen MR) is 49.2 cm³/mol. The van der Waals surface area contributed by atoms with Gasteiger partial charge in [-0.2, -0.15) is 0 Å². The maximum Gasteiger partial charge on any atom is 0.322 e. The molecule has 0 heterocycles. The normalized spacial score (nSPS) is 11.1. The summed E-state index contributed by atoms with van der Waals surface area (Å²) in [6.45, 7) is 3.69. The molecule has 0 fully saturated rings. The molecule has 0 aromatic rings. The van der Waals surface area contributed by atoms with E-state index in [2.05, 4.69) is 4.74 Å². The van der Waals surface area contributed by atoms with Gasteiger partial charge in [0.15, 0.2) is 5.78 Å². The zero-order chi connectivity index (χ0) is 11.0. The Bertz CT molecular complexity index is 230. The van der Waals surface area contributed by atoms with Gasteiger partial charge in [-0.15, -0.1) is 0 Å². The van der Waals surface area contributed by atoms with Crippen molar-refractivity contribution in [3.05, 3.63) is 11.8 Å². The Hall–Kier alpha value is -1.32. The van der Waals surface area contributed by atoms with Crippen molar-refractivity contribution in [2.75, 3.05) is 6.61 Å². The standard InChI is InChI=1S/C10H16O4/c1-3-5-6-8(11)7-9(12)10(13)14-4-2/h7,12H,3-6H2,1-2H3/p-1. The lowest BCUT2D eigenvalue weighted by molar-refractivity contribution is -0.303. The molecule has 0 aromatic heterocycles. The minimum Gasteiger partial charge on any atom is -0.868 e. The Labute approximate surface area is 83.6 Å². The van der Waals surface area contributed by atoms with Gasteiger partial charge in [-0.1, -0.05) is 13.3 Å². The SMILES string of the molecule is CCCCC(=O)C=C([O-])C(=O)OCC. The molecule has 4 heteroatoms. The summed E-state index contributed by atoms with van der Waals surface area (Å²) >= 11 is 0. The minimum atomic E-state index is -0.961. The van der Waals surface area contributed by atoms with Crippen LogP contribution >= 0.6 is 0 Å². The molecule has 0 radical (unpaired) electrons. The number of carbonyl (C=O) groups excluding carboxylic acids is 2. The Balaban J connectivity index is 4.08. The van der Waals surface area contributed by atoms with Gasteiger partial charge in [0, 0.05) is 6.42 Å². The first-order chi connectivity index (χ1) is 6.61. The molecule has 0 aliphatic carbocycles. The third-order valence-electron chi connectivity index (χ3n) is 1.55. The molecule has 0 rings (SSSR count). The lowest BCUT2D eigenvalue weighted by Crippen LogP contribution is -2.19. The van der Waals surface area contributed by atoms with Gasteiger partial charge in [0.2, 0.25) is 0 Å². The van der Waals surface area contributed by atoms with Crippen molar-refractivity contribution >= 4 is 11.8 Å². The molecule has 0 aliphatic rings. The van der Waals surface area contributed by atoms with Crippen molar-refractivity contribution in [2.24, 2.45) is 0 Å². The van der Waals surface area contributed by atoms with E-state index in [-0.39, 0.29) is 12.4 Å². The van der Waals surface area contributed by atoms with Crippen LogP contribution in [0.1, 0.15) is 33.1 Å². The number of esters is 1. The summed E-state index contributed by atoms with van der Waals surface area (Å²) < 4.78 is 4.44. The van der Waals surface area contributed by atoms with Gasteiger partial charge in [-0.25, -0.2) is 4.79 Å². The molecular formula is C10H15O4-. The van der Waals surface area contributed by atoms with E-state index >= 15 is 0 Å². The lowest BCUT2D eigenvalue weighted by Gasteiger charge is -2.09. The quantitative estimate of drug-likeness (QED) is 0.356. The van der Waals surface area contributed by atoms with E-state index in [4.69, 9.17) is 0 Å². The van der Waals surface area contributed by atoms with E-state index < -0.39 is 11.7 Å². The van der Waals surface area contributed by atoms with Crippen LogP contribution in [0.2, 0.25) is 0 Å². The molecule has 0 unspecified atom stereocenters. The van der Waals surface area contributed by atoms with Gasteiger partial charge < -0.3 is 9.84 Å². The summed E-state index contributed by atoms with van der Waals surface area (Å²) in [4.78, 5) is 21.8. The number of allylic oxidation sites excluding steroid dienone is 1. The molecule has 0 N–H and O–H groups in total. The molecular weight excluding hydrogens is 184 g/mol. The average molecular weight is 199 g/mol. The van der Waals surface area contributed by atoms with Crippen LogP contribution < -0.4 is 5.11 Å². The maximum absolute atomic E-state index is 11.0. The third-order valence-corrected chi connectivity index (χ3v) is 1.55. The van der Waals surface area contributed by atoms with Crippen LogP contribution in [0.25, 0.3) is 0 Å². The fraction of sp³-hybridized carbons (Fsp3) is 0.600. The van der Waals surface area contributed by atoms with Crippen molar-refractivity contribution < 1.29 is 19.4 Å². The molecule has 0 atom stereocenters. The first kappa shape index (κ1) is 12.7. The van der Waals surface area contributed by atoms with E-state index in [9.17, 15) is 14.7 Å². The monoisotopic (exact) mass is 199 g/mol. The maximum atomic E-state index is 11.0. The largest absolute Gasteiger partial charge is 0.868 e. The van der Waals surface area contributed by atoms with Crippen LogP contribution in [0.4, 0.5) is 0 Å². The second kappa shape index (κ2) is 7.12. The van der Waals surface area contributed by atoms with Crippen molar-refractivity contribution in [1.82, 2.24) is 0 Å². The third kappa shape index (κ3) is 5.35. The second-order valence-corrected chi connectivity index (χ2v) is 2.80. The van der Waals surface area contributed by atoms with E-state index in [1.54, 1.807) is 6.92 Å². The highest BCUT2D eigenvalue weighted by atomic mass is 16.5. The predicted octanol–water partition coefficient (Wildman–Crippen LogP) is 0.553. The number of hydrogen-bond donors (Lipinski definition) is 0. The molecule has 0 bridgehead atoms. The van der Waals surface area contributed by atoms with Gasteiger partial charge >= 0.3 is 5.97 Å². The van der Waals surface area contributed by atoms with Crippen molar-refractivity contribution in [1.29, 1.82) is 0 Å². The molecule has 4 nitrogen and oxygen atoms in total. The minimum absolute atomic E-state index is 0.140. The van der Waals surface area contributed by atoms with Crippen LogP contribution in [0, 0.1) is 0 Å². The summed E-state index contributed by atoms with van der Waals surface area (Å²) in [6, 6.07) is 0. The summed E-state index contributed by atoms with van der Waals surface area (Å²) in [7, 11) is 0. The van der Waals surface area contributed by atoms with Crippen molar-refractivity contribution in [3.8, 4) is 0 Å². The topological polar surface area (TPSA) is 66.4 Å². The lowest BCUT2D eigenvalue weighted by atomic mass is 10.2. The fourth-order valence-corrected chi connectivity index (χ4v) is 0.831. The van der Waals surface area contributed by atoms with Crippen molar-refractivity contribution in [3.63, 3.8) is 0 Å². The van der Waals surface area contributed by atoms with Gasteiger partial charge in [0.25, 0.3) is 0 Å². The van der Waals surface area contributed by atoms with Crippen LogP contribution in [-0.4, -0.2) is 18.4 Å². The second-order valence-electron chi connectivity index (χ2n) is 2.80. The Morgan fingerprint density at radius 2 is 2.00 bits per heavy atom. The highest BCUT2D eigenvalue weighted by Crippen LogP contribution is 1.98. The first-order valence-electron chi connectivity index (χ1n) is 4.70. The van der Waals surface area contributed by atoms with E-state index in [0.717, 1.165) is 18.9 Å². The average Bonchev–Trinajstić information content (AvgIpc) is 2.15. The molecule has 80 valence electrons. The van der Waals surface area contributed by atoms with Gasteiger partial charge in [-0.05, 0) is 25.2 Å².